The summed E-state index contributed by atoms with van der Waals surface area (Å²) in [4.78, 5) is 0. The van der Waals surface area contributed by atoms with E-state index in [2.05, 4.69) is 28.2 Å². The van der Waals surface area contributed by atoms with Gasteiger partial charge in [0.15, 0.2) is 11.5 Å². The zero-order chi connectivity index (χ0) is 17.4. The maximum atomic E-state index is 6.08. The van der Waals surface area contributed by atoms with Crippen LogP contribution in [0.5, 0.6) is 11.5 Å². The monoisotopic (exact) mass is 411 g/mol. The fourth-order valence-electron chi connectivity index (χ4n) is 2.36. The molecule has 5 heteroatoms. The lowest BCUT2D eigenvalue weighted by Crippen LogP contribution is -2.16. The molecule has 0 bridgehead atoms. The van der Waals surface area contributed by atoms with Crippen LogP contribution in [0.15, 0.2) is 40.9 Å². The minimum Gasteiger partial charge on any atom is -0.493 e. The molecule has 0 spiro atoms. The molecule has 0 aliphatic heterocycles. The van der Waals surface area contributed by atoms with Gasteiger partial charge in [0.25, 0.3) is 0 Å². The lowest BCUT2D eigenvalue weighted by atomic mass is 10.1. The largest absolute Gasteiger partial charge is 0.493 e. The zero-order valence-corrected chi connectivity index (χ0v) is 16.4. The molecule has 130 valence electrons. The molecule has 0 atom stereocenters. The highest BCUT2D eigenvalue weighted by Gasteiger charge is 2.14. The Morgan fingerprint density at radius 2 is 2.04 bits per heavy atom. The summed E-state index contributed by atoms with van der Waals surface area (Å²) in [6, 6.07) is 11.6. The minimum atomic E-state index is 0.440. The normalized spacial score (nSPS) is 10.7. The van der Waals surface area contributed by atoms with Crippen LogP contribution in [0, 0.1) is 0 Å². The van der Waals surface area contributed by atoms with Crippen molar-refractivity contribution >= 4 is 27.5 Å². The van der Waals surface area contributed by atoms with Gasteiger partial charge in [-0.3, -0.25) is 0 Å². The van der Waals surface area contributed by atoms with Crippen molar-refractivity contribution in [3.8, 4) is 11.5 Å². The first-order chi connectivity index (χ1) is 11.7. The molecule has 0 fully saturated rings. The molecule has 0 radical (unpaired) electrons. The highest BCUT2D eigenvalue weighted by atomic mass is 79.9. The van der Waals surface area contributed by atoms with Gasteiger partial charge in [-0.05, 0) is 42.8 Å². The van der Waals surface area contributed by atoms with Gasteiger partial charge in [-0.2, -0.15) is 0 Å². The number of hydrogen-bond donors (Lipinski definition) is 1. The molecule has 2 aromatic carbocycles. The highest BCUT2D eigenvalue weighted by Crippen LogP contribution is 2.36. The number of halogens is 2. The molecule has 0 aromatic heterocycles. The Morgan fingerprint density at radius 3 is 2.75 bits per heavy atom. The minimum absolute atomic E-state index is 0.440. The average Bonchev–Trinajstić information content (AvgIpc) is 2.58. The van der Waals surface area contributed by atoms with Gasteiger partial charge in [0.2, 0.25) is 0 Å². The van der Waals surface area contributed by atoms with Crippen molar-refractivity contribution in [2.24, 2.45) is 0 Å². The van der Waals surface area contributed by atoms with E-state index in [0.29, 0.717) is 11.6 Å². The van der Waals surface area contributed by atoms with Crippen LogP contribution < -0.4 is 14.8 Å². The Balaban J connectivity index is 2.17. The van der Waals surface area contributed by atoms with Crippen molar-refractivity contribution in [2.45, 2.75) is 32.9 Å². The topological polar surface area (TPSA) is 30.5 Å². The van der Waals surface area contributed by atoms with Crippen molar-refractivity contribution in [2.75, 3.05) is 13.7 Å². The van der Waals surface area contributed by atoms with Gasteiger partial charge in [-0.25, -0.2) is 0 Å². The van der Waals surface area contributed by atoms with Crippen LogP contribution in [0.25, 0.3) is 0 Å². The fourth-order valence-corrected chi connectivity index (χ4v) is 3.03. The van der Waals surface area contributed by atoms with Crippen LogP contribution in [0.3, 0.4) is 0 Å². The van der Waals surface area contributed by atoms with Crippen molar-refractivity contribution < 1.29 is 9.47 Å². The Labute approximate surface area is 157 Å². The SMILES string of the molecule is CCCCNCc1c(Br)ccc(OC)c1OCc1cccc(Cl)c1. The molecule has 0 unspecified atom stereocenters. The third-order valence-electron chi connectivity index (χ3n) is 3.67. The van der Waals surface area contributed by atoms with Crippen LogP contribution in [0.1, 0.15) is 30.9 Å². The Morgan fingerprint density at radius 1 is 1.21 bits per heavy atom. The van der Waals surface area contributed by atoms with E-state index in [1.807, 2.05) is 36.4 Å². The fraction of sp³-hybridized carbons (Fsp3) is 0.368. The van der Waals surface area contributed by atoms with Crippen molar-refractivity contribution in [1.82, 2.24) is 5.32 Å². The van der Waals surface area contributed by atoms with E-state index in [4.69, 9.17) is 21.1 Å². The van der Waals surface area contributed by atoms with E-state index < -0.39 is 0 Å². The second-order valence-corrected chi connectivity index (χ2v) is 6.80. The lowest BCUT2D eigenvalue weighted by Gasteiger charge is -2.17. The first-order valence-electron chi connectivity index (χ1n) is 8.09. The molecule has 1 N–H and O–H groups in total. The quantitative estimate of drug-likeness (QED) is 0.545. The smallest absolute Gasteiger partial charge is 0.167 e. The van der Waals surface area contributed by atoms with E-state index in [0.717, 1.165) is 46.6 Å². The molecular formula is C19H23BrClNO2. The van der Waals surface area contributed by atoms with Gasteiger partial charge in [-0.15, -0.1) is 0 Å². The standard InChI is InChI=1S/C19H23BrClNO2/c1-3-4-10-22-12-16-17(20)8-9-18(23-2)19(16)24-13-14-6-5-7-15(21)11-14/h5-9,11,22H,3-4,10,12-13H2,1-2H3. The number of hydrogen-bond acceptors (Lipinski definition) is 3. The molecule has 0 aliphatic carbocycles. The number of benzene rings is 2. The predicted octanol–water partition coefficient (Wildman–Crippen LogP) is 5.58. The zero-order valence-electron chi connectivity index (χ0n) is 14.1. The predicted molar refractivity (Wildman–Crippen MR) is 103 cm³/mol. The van der Waals surface area contributed by atoms with E-state index in [1.54, 1.807) is 7.11 Å². The molecule has 0 amide bonds. The molecular weight excluding hydrogens is 390 g/mol. The van der Waals surface area contributed by atoms with E-state index in [9.17, 15) is 0 Å². The summed E-state index contributed by atoms with van der Waals surface area (Å²) in [7, 11) is 1.66. The van der Waals surface area contributed by atoms with Gasteiger partial charge >= 0.3 is 0 Å². The second kappa shape index (κ2) is 9.92. The maximum absolute atomic E-state index is 6.08. The Kier molecular flexibility index (Phi) is 7.89. The van der Waals surface area contributed by atoms with Gasteiger partial charge in [0.1, 0.15) is 6.61 Å². The summed E-state index contributed by atoms with van der Waals surface area (Å²) in [5.74, 6) is 1.49. The molecule has 0 heterocycles. The summed E-state index contributed by atoms with van der Waals surface area (Å²) in [5.41, 5.74) is 2.09. The van der Waals surface area contributed by atoms with E-state index in [1.165, 1.54) is 6.42 Å². The number of rotatable bonds is 9. The van der Waals surface area contributed by atoms with Crippen molar-refractivity contribution in [3.63, 3.8) is 0 Å². The maximum Gasteiger partial charge on any atom is 0.167 e. The van der Waals surface area contributed by atoms with Gasteiger partial charge in [-0.1, -0.05) is 53.0 Å². The average molecular weight is 413 g/mol. The Bertz CT molecular complexity index is 664. The molecule has 24 heavy (non-hydrogen) atoms. The molecule has 0 saturated carbocycles. The van der Waals surface area contributed by atoms with Crippen LogP contribution in [-0.2, 0) is 13.2 Å². The summed E-state index contributed by atoms with van der Waals surface area (Å²) in [6.45, 7) is 4.33. The molecule has 2 aromatic rings. The van der Waals surface area contributed by atoms with Gasteiger partial charge < -0.3 is 14.8 Å². The van der Waals surface area contributed by atoms with Gasteiger partial charge in [0, 0.05) is 21.6 Å². The highest BCUT2D eigenvalue weighted by molar-refractivity contribution is 9.10. The van der Waals surface area contributed by atoms with E-state index >= 15 is 0 Å². The van der Waals surface area contributed by atoms with E-state index in [-0.39, 0.29) is 0 Å². The third-order valence-corrected chi connectivity index (χ3v) is 4.65. The molecule has 3 nitrogen and oxygen atoms in total. The Hall–Kier alpha value is -1.23. The van der Waals surface area contributed by atoms with Gasteiger partial charge in [0.05, 0.1) is 7.11 Å². The first-order valence-corrected chi connectivity index (χ1v) is 9.26. The van der Waals surface area contributed by atoms with Crippen LogP contribution >= 0.6 is 27.5 Å². The summed E-state index contributed by atoms with van der Waals surface area (Å²) < 4.78 is 12.6. The number of unbranched alkanes of at least 4 members (excludes halogenated alkanes) is 1. The summed E-state index contributed by atoms with van der Waals surface area (Å²) in [5, 5.41) is 4.16. The second-order valence-electron chi connectivity index (χ2n) is 5.51. The summed E-state index contributed by atoms with van der Waals surface area (Å²) in [6.07, 6.45) is 2.32. The van der Waals surface area contributed by atoms with Crippen molar-refractivity contribution in [1.29, 1.82) is 0 Å². The number of ether oxygens (including phenoxy) is 2. The molecule has 0 aliphatic rings. The summed E-state index contributed by atoms with van der Waals surface area (Å²) >= 11 is 9.66. The van der Waals surface area contributed by atoms with Crippen LogP contribution in [0.2, 0.25) is 5.02 Å². The first kappa shape index (κ1) is 19.1. The third kappa shape index (κ3) is 5.40. The van der Waals surface area contributed by atoms with Crippen LogP contribution in [-0.4, -0.2) is 13.7 Å². The molecule has 2 rings (SSSR count). The number of nitrogens with one attached hydrogen (secondary N) is 1. The molecule has 0 saturated heterocycles. The number of methoxy groups -OCH3 is 1. The lowest BCUT2D eigenvalue weighted by molar-refractivity contribution is 0.280. The van der Waals surface area contributed by atoms with Crippen molar-refractivity contribution in [3.05, 3.63) is 57.0 Å². The van der Waals surface area contributed by atoms with Crippen LogP contribution in [0.4, 0.5) is 0 Å².